The Morgan fingerprint density at radius 3 is 2.23 bits per heavy atom. The molecule has 10 heteroatoms. The lowest BCUT2D eigenvalue weighted by Gasteiger charge is -2.14. The van der Waals surface area contributed by atoms with Gasteiger partial charge in [0.1, 0.15) is 17.4 Å². The Morgan fingerprint density at radius 1 is 0.800 bits per heavy atom. The molecule has 0 aliphatic heterocycles. The van der Waals surface area contributed by atoms with Crippen LogP contribution in [0, 0.1) is 11.6 Å². The van der Waals surface area contributed by atoms with Crippen molar-refractivity contribution >= 4 is 38.9 Å². The molecule has 0 aliphatic rings. The molecular weight excluding hydrogens is 498 g/mol. The molecule has 0 saturated heterocycles. The summed E-state index contributed by atoms with van der Waals surface area (Å²) in [5.74, 6) is -2.03. The average Bonchev–Trinajstić information content (AvgIpc) is 2.83. The number of nitrogens with one attached hydrogen (secondary N) is 2. The number of amides is 1. The number of rotatable bonds is 7. The van der Waals surface area contributed by atoms with Crippen molar-refractivity contribution < 1.29 is 26.7 Å². The van der Waals surface area contributed by atoms with Gasteiger partial charge in [0, 0.05) is 5.02 Å². The molecule has 0 saturated carbocycles. The van der Waals surface area contributed by atoms with Gasteiger partial charge in [-0.2, -0.15) is 0 Å². The molecule has 0 aromatic heterocycles. The van der Waals surface area contributed by atoms with Gasteiger partial charge in [0.25, 0.3) is 15.9 Å². The highest BCUT2D eigenvalue weighted by molar-refractivity contribution is 7.92. The molecule has 4 rings (SSSR count). The molecule has 0 radical (unpaired) electrons. The number of sulfonamides is 1. The highest BCUT2D eigenvalue weighted by Gasteiger charge is 2.20. The normalized spacial score (nSPS) is 11.1. The number of ether oxygens (including phenoxy) is 1. The van der Waals surface area contributed by atoms with Gasteiger partial charge in [-0.25, -0.2) is 17.2 Å². The van der Waals surface area contributed by atoms with Gasteiger partial charge >= 0.3 is 0 Å². The smallest absolute Gasteiger partial charge is 0.262 e. The van der Waals surface area contributed by atoms with E-state index in [4.69, 9.17) is 16.3 Å². The maximum atomic E-state index is 14.7. The number of para-hydroxylation sites is 1. The molecule has 0 aliphatic carbocycles. The van der Waals surface area contributed by atoms with E-state index in [0.717, 1.165) is 24.3 Å². The molecule has 0 spiro atoms. The Hall–Kier alpha value is -3.95. The van der Waals surface area contributed by atoms with Gasteiger partial charge in [0.05, 0.1) is 21.8 Å². The van der Waals surface area contributed by atoms with Gasteiger partial charge in [0.15, 0.2) is 5.75 Å². The summed E-state index contributed by atoms with van der Waals surface area (Å²) >= 11 is 6.03. The minimum Gasteiger partial charge on any atom is -0.455 e. The molecule has 178 valence electrons. The number of halogens is 3. The third kappa shape index (κ3) is 5.76. The molecule has 0 fully saturated rings. The fraction of sp³-hybridized carbons (Fsp3) is 0. The predicted molar refractivity (Wildman–Crippen MR) is 130 cm³/mol. The Morgan fingerprint density at radius 2 is 1.51 bits per heavy atom. The highest BCUT2D eigenvalue weighted by Crippen LogP contribution is 2.34. The third-order valence-corrected chi connectivity index (χ3v) is 6.37. The van der Waals surface area contributed by atoms with Crippen LogP contribution in [0.25, 0.3) is 0 Å². The van der Waals surface area contributed by atoms with Crippen molar-refractivity contribution in [3.05, 3.63) is 113 Å². The van der Waals surface area contributed by atoms with E-state index < -0.39 is 32.5 Å². The lowest BCUT2D eigenvalue weighted by Crippen LogP contribution is -2.16. The summed E-state index contributed by atoms with van der Waals surface area (Å²) in [4.78, 5) is 11.8. The van der Waals surface area contributed by atoms with Crippen molar-refractivity contribution in [1.82, 2.24) is 0 Å². The maximum absolute atomic E-state index is 14.7. The monoisotopic (exact) mass is 514 g/mol. The molecule has 6 nitrogen and oxygen atoms in total. The molecule has 0 atom stereocenters. The van der Waals surface area contributed by atoms with Crippen LogP contribution >= 0.6 is 11.6 Å². The quantitative estimate of drug-likeness (QED) is 0.296. The van der Waals surface area contributed by atoms with Crippen molar-refractivity contribution in [3.8, 4) is 11.5 Å². The van der Waals surface area contributed by atoms with Gasteiger partial charge in [-0.3, -0.25) is 9.52 Å². The van der Waals surface area contributed by atoms with Gasteiger partial charge in [-0.15, -0.1) is 0 Å². The molecule has 35 heavy (non-hydrogen) atoms. The van der Waals surface area contributed by atoms with Crippen molar-refractivity contribution in [1.29, 1.82) is 0 Å². The number of carbonyl (C=O) groups is 1. The van der Waals surface area contributed by atoms with E-state index in [0.29, 0.717) is 5.75 Å². The third-order valence-electron chi connectivity index (χ3n) is 4.77. The number of benzene rings is 4. The van der Waals surface area contributed by atoms with Gasteiger partial charge in [-0.1, -0.05) is 41.9 Å². The van der Waals surface area contributed by atoms with Crippen LogP contribution in [0.3, 0.4) is 0 Å². The van der Waals surface area contributed by atoms with Gasteiger partial charge in [-0.05, 0) is 60.7 Å². The molecule has 1 amide bonds. The van der Waals surface area contributed by atoms with Crippen molar-refractivity contribution in [2.45, 2.75) is 4.90 Å². The Kier molecular flexibility index (Phi) is 6.99. The second kappa shape index (κ2) is 10.1. The first-order valence-corrected chi connectivity index (χ1v) is 12.0. The minimum absolute atomic E-state index is 0.0405. The summed E-state index contributed by atoms with van der Waals surface area (Å²) in [5, 5.41) is 2.48. The summed E-state index contributed by atoms with van der Waals surface area (Å²) in [6, 6.07) is 21.2. The van der Waals surface area contributed by atoms with Gasteiger partial charge < -0.3 is 10.1 Å². The summed E-state index contributed by atoms with van der Waals surface area (Å²) in [7, 11) is -4.27. The zero-order valence-corrected chi connectivity index (χ0v) is 19.4. The molecule has 2 N–H and O–H groups in total. The maximum Gasteiger partial charge on any atom is 0.262 e. The molecular formula is C25H17ClF2N2O4S. The first-order chi connectivity index (χ1) is 16.7. The first kappa shape index (κ1) is 24.2. The van der Waals surface area contributed by atoms with Crippen LogP contribution in [-0.4, -0.2) is 14.3 Å². The second-order valence-electron chi connectivity index (χ2n) is 7.24. The molecule has 4 aromatic rings. The zero-order valence-electron chi connectivity index (χ0n) is 17.8. The Balaban J connectivity index is 1.57. The molecule has 0 bridgehead atoms. The van der Waals surface area contributed by atoms with E-state index in [-0.39, 0.29) is 27.7 Å². The summed E-state index contributed by atoms with van der Waals surface area (Å²) in [5.41, 5.74) is -0.552. The number of hydrogen-bond donors (Lipinski definition) is 2. The van der Waals surface area contributed by atoms with Gasteiger partial charge in [0.2, 0.25) is 0 Å². The van der Waals surface area contributed by atoms with Crippen LogP contribution < -0.4 is 14.8 Å². The van der Waals surface area contributed by atoms with Crippen molar-refractivity contribution in [2.75, 3.05) is 10.0 Å². The average molecular weight is 515 g/mol. The van der Waals surface area contributed by atoms with E-state index in [1.807, 2.05) is 0 Å². The summed E-state index contributed by atoms with van der Waals surface area (Å²) in [6.07, 6.45) is 0. The topological polar surface area (TPSA) is 84.5 Å². The van der Waals surface area contributed by atoms with E-state index in [1.54, 1.807) is 30.3 Å². The standard InChI is InChI=1S/C25H17ClF2N2O4S/c26-16-10-13-24(34-17-6-2-1-3-7-17)23(14-16)30-35(32,33)18-11-12-22(21(28)15-18)29-25(31)19-8-4-5-9-20(19)27/h1-15,30H,(H,29,31). The SMILES string of the molecule is O=C(Nc1ccc(S(=O)(=O)Nc2cc(Cl)ccc2Oc2ccccc2)cc1F)c1ccccc1F. The lowest BCUT2D eigenvalue weighted by molar-refractivity contribution is 0.102. The van der Waals surface area contributed by atoms with E-state index in [9.17, 15) is 22.0 Å². The zero-order chi connectivity index (χ0) is 25.0. The van der Waals surface area contributed by atoms with Crippen LogP contribution in [0.5, 0.6) is 11.5 Å². The summed E-state index contributed by atoms with van der Waals surface area (Å²) < 4.78 is 62.5. The molecule has 0 unspecified atom stereocenters. The largest absolute Gasteiger partial charge is 0.455 e. The van der Waals surface area contributed by atoms with Crippen LogP contribution in [0.4, 0.5) is 20.2 Å². The molecule has 0 heterocycles. The Bertz CT molecular complexity index is 1500. The number of anilines is 2. The van der Waals surface area contributed by atoms with E-state index in [1.165, 1.54) is 36.4 Å². The van der Waals surface area contributed by atoms with E-state index >= 15 is 0 Å². The Labute approximate surface area is 205 Å². The number of carbonyl (C=O) groups excluding carboxylic acids is 1. The highest BCUT2D eigenvalue weighted by atomic mass is 35.5. The van der Waals surface area contributed by atoms with Crippen molar-refractivity contribution in [3.63, 3.8) is 0 Å². The lowest BCUT2D eigenvalue weighted by atomic mass is 10.2. The number of hydrogen-bond acceptors (Lipinski definition) is 4. The first-order valence-electron chi connectivity index (χ1n) is 10.1. The van der Waals surface area contributed by atoms with Crippen molar-refractivity contribution in [2.24, 2.45) is 0 Å². The molecule has 4 aromatic carbocycles. The van der Waals surface area contributed by atoms with Crippen LogP contribution in [0.1, 0.15) is 10.4 Å². The minimum atomic E-state index is -4.27. The fourth-order valence-corrected chi connectivity index (χ4v) is 4.33. The van der Waals surface area contributed by atoms with Crippen LogP contribution in [0.15, 0.2) is 95.9 Å². The fourth-order valence-electron chi connectivity index (χ4n) is 3.09. The summed E-state index contributed by atoms with van der Waals surface area (Å²) in [6.45, 7) is 0. The second-order valence-corrected chi connectivity index (χ2v) is 9.36. The van der Waals surface area contributed by atoms with E-state index in [2.05, 4.69) is 10.0 Å². The van der Waals surface area contributed by atoms with Crippen LogP contribution in [0.2, 0.25) is 5.02 Å². The predicted octanol–water partition coefficient (Wildman–Crippen LogP) is 6.46. The van der Waals surface area contributed by atoms with Crippen LogP contribution in [-0.2, 0) is 10.0 Å².